The van der Waals surface area contributed by atoms with Crippen LogP contribution in [0.3, 0.4) is 0 Å². The smallest absolute Gasteiger partial charge is 0.0702 e. The summed E-state index contributed by atoms with van der Waals surface area (Å²) in [5.41, 5.74) is 2.35. The van der Waals surface area contributed by atoms with E-state index in [0.29, 0.717) is 0 Å². The molecule has 0 N–H and O–H groups in total. The van der Waals surface area contributed by atoms with E-state index in [-0.39, 0.29) is 0 Å². The van der Waals surface area contributed by atoms with Crippen molar-refractivity contribution in [3.63, 3.8) is 0 Å². The molecule has 0 amide bonds. The van der Waals surface area contributed by atoms with Gasteiger partial charge in [-0.15, -0.1) is 0 Å². The first-order valence-electron chi connectivity index (χ1n) is 8.59. The van der Waals surface area contributed by atoms with Crippen LogP contribution in [0.2, 0.25) is 0 Å². The van der Waals surface area contributed by atoms with Crippen LogP contribution in [0.15, 0.2) is 36.5 Å². The van der Waals surface area contributed by atoms with E-state index in [9.17, 15) is 0 Å². The molecule has 21 heavy (non-hydrogen) atoms. The highest BCUT2D eigenvalue weighted by molar-refractivity contribution is 5.78. The minimum Gasteiger partial charge on any atom is -0.256 e. The van der Waals surface area contributed by atoms with Crippen LogP contribution >= 0.6 is 0 Å². The highest BCUT2D eigenvalue weighted by Crippen LogP contribution is 2.11. The number of fused-ring (bicyclic) bond motifs is 1. The van der Waals surface area contributed by atoms with E-state index in [2.05, 4.69) is 44.0 Å². The van der Waals surface area contributed by atoms with Gasteiger partial charge in [-0.25, -0.2) is 0 Å². The molecule has 0 aliphatic rings. The van der Waals surface area contributed by atoms with Gasteiger partial charge in [0.2, 0.25) is 0 Å². The van der Waals surface area contributed by atoms with Crippen molar-refractivity contribution in [2.45, 2.75) is 72.1 Å². The maximum atomic E-state index is 4.22. The fourth-order valence-corrected chi connectivity index (χ4v) is 2.40. The normalized spacial score (nSPS) is 10.2. The van der Waals surface area contributed by atoms with Crippen LogP contribution in [-0.4, -0.2) is 4.98 Å². The predicted molar refractivity (Wildman–Crippen MR) is 94.8 cm³/mol. The highest BCUT2D eigenvalue weighted by atomic mass is 14.6. The molecule has 116 valence electrons. The van der Waals surface area contributed by atoms with Crippen molar-refractivity contribution in [2.24, 2.45) is 0 Å². The second kappa shape index (κ2) is 11.3. The first-order valence-corrected chi connectivity index (χ1v) is 8.59. The maximum absolute atomic E-state index is 4.22. The lowest BCUT2D eigenvalue weighted by Crippen LogP contribution is -1.77. The Labute approximate surface area is 130 Å². The SMILES string of the molecule is CCCCCCCCCC.Cc1ccc2ncccc2c1. The Bertz CT molecular complexity index is 482. The van der Waals surface area contributed by atoms with Crippen LogP contribution in [0.5, 0.6) is 0 Å². The Hall–Kier alpha value is -1.37. The molecule has 0 unspecified atom stereocenters. The number of aryl methyl sites for hydroxylation is 1. The lowest BCUT2D eigenvalue weighted by Gasteiger charge is -1.97. The fraction of sp³-hybridized carbons (Fsp3) is 0.550. The van der Waals surface area contributed by atoms with Crippen LogP contribution in [0.25, 0.3) is 10.9 Å². The van der Waals surface area contributed by atoms with Crippen LogP contribution in [0.1, 0.15) is 70.8 Å². The third-order valence-electron chi connectivity index (χ3n) is 3.72. The molecule has 0 aliphatic carbocycles. The molecule has 1 heteroatoms. The van der Waals surface area contributed by atoms with E-state index in [0.717, 1.165) is 5.52 Å². The third-order valence-corrected chi connectivity index (χ3v) is 3.72. The van der Waals surface area contributed by atoms with E-state index in [1.54, 1.807) is 0 Å². The Kier molecular flexibility index (Phi) is 9.52. The average Bonchev–Trinajstić information content (AvgIpc) is 2.51. The van der Waals surface area contributed by atoms with Gasteiger partial charge in [0.05, 0.1) is 5.52 Å². The Morgan fingerprint density at radius 1 is 0.810 bits per heavy atom. The van der Waals surface area contributed by atoms with Crippen LogP contribution in [-0.2, 0) is 0 Å². The molecule has 0 bridgehead atoms. The number of unbranched alkanes of at least 4 members (excludes halogenated alkanes) is 7. The molecule has 0 spiro atoms. The van der Waals surface area contributed by atoms with Gasteiger partial charge in [-0.3, -0.25) is 4.98 Å². The average molecular weight is 285 g/mol. The number of rotatable bonds is 7. The van der Waals surface area contributed by atoms with Gasteiger partial charge in [0, 0.05) is 11.6 Å². The summed E-state index contributed by atoms with van der Waals surface area (Å²) in [4.78, 5) is 4.22. The third kappa shape index (κ3) is 7.84. The second-order valence-corrected chi connectivity index (χ2v) is 5.82. The van der Waals surface area contributed by atoms with Crippen molar-refractivity contribution >= 4 is 10.9 Å². The Morgan fingerprint density at radius 2 is 1.43 bits per heavy atom. The molecule has 1 nitrogen and oxygen atoms in total. The van der Waals surface area contributed by atoms with Gasteiger partial charge < -0.3 is 0 Å². The van der Waals surface area contributed by atoms with Crippen molar-refractivity contribution < 1.29 is 0 Å². The fourth-order valence-electron chi connectivity index (χ4n) is 2.40. The summed E-state index contributed by atoms with van der Waals surface area (Å²) >= 11 is 0. The van der Waals surface area contributed by atoms with Gasteiger partial charge >= 0.3 is 0 Å². The topological polar surface area (TPSA) is 12.9 Å². The van der Waals surface area contributed by atoms with Gasteiger partial charge in [-0.2, -0.15) is 0 Å². The molecule has 0 radical (unpaired) electrons. The van der Waals surface area contributed by atoms with Gasteiger partial charge in [-0.1, -0.05) is 82.9 Å². The summed E-state index contributed by atoms with van der Waals surface area (Å²) in [5.74, 6) is 0. The molecule has 0 aliphatic heterocycles. The number of benzene rings is 1. The zero-order valence-corrected chi connectivity index (χ0v) is 14.1. The Balaban J connectivity index is 0.000000212. The van der Waals surface area contributed by atoms with Crippen molar-refractivity contribution in [3.8, 4) is 0 Å². The van der Waals surface area contributed by atoms with Crippen molar-refractivity contribution in [2.75, 3.05) is 0 Å². The number of pyridine rings is 1. The van der Waals surface area contributed by atoms with Gasteiger partial charge in [-0.05, 0) is 25.1 Å². The highest BCUT2D eigenvalue weighted by Gasteiger charge is 1.91. The van der Waals surface area contributed by atoms with Crippen LogP contribution in [0, 0.1) is 6.92 Å². The first-order chi connectivity index (χ1) is 10.3. The van der Waals surface area contributed by atoms with Gasteiger partial charge in [0.25, 0.3) is 0 Å². The standard InChI is InChI=1S/C10H9N.C10H22/c1-8-4-5-10-9(7-8)3-2-6-11-10;1-3-5-7-9-10-8-6-4-2/h2-7H,1H3;3-10H2,1-2H3. The number of aromatic nitrogens is 1. The van der Waals surface area contributed by atoms with E-state index < -0.39 is 0 Å². The zero-order chi connectivity index (χ0) is 15.3. The van der Waals surface area contributed by atoms with E-state index >= 15 is 0 Å². The molecule has 0 fully saturated rings. The molecule has 0 saturated carbocycles. The minimum absolute atomic E-state index is 1.07. The van der Waals surface area contributed by atoms with Crippen molar-refractivity contribution in [1.82, 2.24) is 4.98 Å². The number of hydrogen-bond donors (Lipinski definition) is 0. The summed E-state index contributed by atoms with van der Waals surface area (Å²) in [7, 11) is 0. The zero-order valence-electron chi connectivity index (χ0n) is 14.1. The van der Waals surface area contributed by atoms with Crippen LogP contribution in [0.4, 0.5) is 0 Å². The van der Waals surface area contributed by atoms with E-state index in [1.165, 1.54) is 62.3 Å². The number of nitrogens with zero attached hydrogens (tertiary/aromatic N) is 1. The maximum Gasteiger partial charge on any atom is 0.0702 e. The molecule has 2 aromatic rings. The molecular formula is C20H31N. The summed E-state index contributed by atoms with van der Waals surface area (Å²) in [6.07, 6.45) is 13.3. The van der Waals surface area contributed by atoms with Crippen LogP contribution < -0.4 is 0 Å². The van der Waals surface area contributed by atoms with Gasteiger partial charge in [0.1, 0.15) is 0 Å². The Morgan fingerprint density at radius 3 is 2.05 bits per heavy atom. The summed E-state index contributed by atoms with van der Waals surface area (Å²) in [6, 6.07) is 10.3. The summed E-state index contributed by atoms with van der Waals surface area (Å²) in [6.45, 7) is 6.63. The second-order valence-electron chi connectivity index (χ2n) is 5.82. The quantitative estimate of drug-likeness (QED) is 0.516. The molecule has 1 heterocycles. The van der Waals surface area contributed by atoms with Crippen molar-refractivity contribution in [3.05, 3.63) is 42.1 Å². The lowest BCUT2D eigenvalue weighted by molar-refractivity contribution is 0.585. The summed E-state index contributed by atoms with van der Waals surface area (Å²) in [5, 5.41) is 1.22. The molecule has 0 saturated heterocycles. The van der Waals surface area contributed by atoms with Crippen molar-refractivity contribution in [1.29, 1.82) is 0 Å². The number of hydrogen-bond acceptors (Lipinski definition) is 1. The summed E-state index contributed by atoms with van der Waals surface area (Å²) < 4.78 is 0. The minimum atomic E-state index is 1.07. The molecular weight excluding hydrogens is 254 g/mol. The first kappa shape index (κ1) is 17.7. The van der Waals surface area contributed by atoms with E-state index in [1.807, 2.05) is 18.3 Å². The predicted octanol–water partition coefficient (Wildman–Crippen LogP) is 6.69. The largest absolute Gasteiger partial charge is 0.256 e. The van der Waals surface area contributed by atoms with Gasteiger partial charge in [0.15, 0.2) is 0 Å². The molecule has 1 aromatic heterocycles. The van der Waals surface area contributed by atoms with E-state index in [4.69, 9.17) is 0 Å². The molecule has 2 rings (SSSR count). The molecule has 0 atom stereocenters. The molecule has 1 aromatic carbocycles. The monoisotopic (exact) mass is 285 g/mol. The lowest BCUT2D eigenvalue weighted by atomic mass is 10.1.